The molecule has 0 aliphatic carbocycles. The molecule has 2 amide bonds. The molecule has 0 saturated heterocycles. The Labute approximate surface area is 185 Å². The van der Waals surface area contributed by atoms with Gasteiger partial charge < -0.3 is 10.2 Å². The van der Waals surface area contributed by atoms with Crippen LogP contribution in [0.2, 0.25) is 0 Å². The molecule has 2 aromatic carbocycles. The van der Waals surface area contributed by atoms with E-state index in [1.165, 1.54) is 11.9 Å². The van der Waals surface area contributed by atoms with Gasteiger partial charge >= 0.3 is 0 Å². The van der Waals surface area contributed by atoms with Gasteiger partial charge in [-0.25, -0.2) is 8.42 Å². The second-order valence-corrected chi connectivity index (χ2v) is 9.76. The number of carbonyl (C=O) groups excluding carboxylic acids is 2. The quantitative estimate of drug-likeness (QED) is 0.677. The highest BCUT2D eigenvalue weighted by molar-refractivity contribution is 7.92. The number of anilines is 1. The fourth-order valence-corrected chi connectivity index (χ4v) is 4.30. The summed E-state index contributed by atoms with van der Waals surface area (Å²) in [5, 5.41) is 2.57. The lowest BCUT2D eigenvalue weighted by Crippen LogP contribution is -2.50. The zero-order valence-corrected chi connectivity index (χ0v) is 19.8. The molecule has 168 valence electrons. The van der Waals surface area contributed by atoms with E-state index in [0.717, 1.165) is 32.8 Å². The number of likely N-dealkylation sites (N-methyl/N-ethyl adjacent to an activating group) is 1. The molecule has 0 radical (unpaired) electrons. The van der Waals surface area contributed by atoms with Crippen LogP contribution in [0.15, 0.2) is 42.5 Å². The summed E-state index contributed by atoms with van der Waals surface area (Å²) in [5.74, 6) is -0.775. The SMILES string of the molecule is CNC(=O)[C@@H](C)N(Cc1ccccc1C)C(=O)CN(c1cc(C)cc(C)c1)S(C)(=O)=O. The van der Waals surface area contributed by atoms with Gasteiger partial charge in [0.05, 0.1) is 11.9 Å². The smallest absolute Gasteiger partial charge is 0.244 e. The van der Waals surface area contributed by atoms with Gasteiger partial charge in [0.15, 0.2) is 0 Å². The Kier molecular flexibility index (Phi) is 7.84. The van der Waals surface area contributed by atoms with Crippen LogP contribution < -0.4 is 9.62 Å². The van der Waals surface area contributed by atoms with Crippen LogP contribution in [0.3, 0.4) is 0 Å². The molecule has 2 rings (SSSR count). The minimum Gasteiger partial charge on any atom is -0.357 e. The van der Waals surface area contributed by atoms with Crippen LogP contribution in [0.1, 0.15) is 29.2 Å². The van der Waals surface area contributed by atoms with Gasteiger partial charge in [-0.05, 0) is 62.1 Å². The molecule has 0 fully saturated rings. The molecule has 0 unspecified atom stereocenters. The van der Waals surface area contributed by atoms with Crippen molar-refractivity contribution in [3.63, 3.8) is 0 Å². The van der Waals surface area contributed by atoms with E-state index in [9.17, 15) is 18.0 Å². The predicted octanol–water partition coefficient (Wildman–Crippen LogP) is 2.54. The van der Waals surface area contributed by atoms with Gasteiger partial charge in [-0.2, -0.15) is 0 Å². The molecule has 0 aromatic heterocycles. The van der Waals surface area contributed by atoms with Crippen molar-refractivity contribution in [2.24, 2.45) is 0 Å². The van der Waals surface area contributed by atoms with Crippen molar-refractivity contribution in [3.8, 4) is 0 Å². The van der Waals surface area contributed by atoms with Gasteiger partial charge in [-0.15, -0.1) is 0 Å². The average molecular weight is 446 g/mol. The van der Waals surface area contributed by atoms with Crippen LogP contribution in [0, 0.1) is 20.8 Å². The van der Waals surface area contributed by atoms with Gasteiger partial charge in [-0.3, -0.25) is 13.9 Å². The number of carbonyl (C=O) groups is 2. The van der Waals surface area contributed by atoms with E-state index in [4.69, 9.17) is 0 Å². The van der Waals surface area contributed by atoms with Gasteiger partial charge in [0.25, 0.3) is 0 Å². The zero-order valence-electron chi connectivity index (χ0n) is 19.0. The van der Waals surface area contributed by atoms with Crippen molar-refractivity contribution in [2.75, 3.05) is 24.2 Å². The highest BCUT2D eigenvalue weighted by Gasteiger charge is 2.30. The van der Waals surface area contributed by atoms with Crippen molar-refractivity contribution < 1.29 is 18.0 Å². The molecule has 1 N–H and O–H groups in total. The summed E-state index contributed by atoms with van der Waals surface area (Å²) < 4.78 is 26.2. The molecule has 7 nitrogen and oxygen atoms in total. The second kappa shape index (κ2) is 9.96. The molecule has 8 heteroatoms. The molecule has 0 aliphatic rings. The number of rotatable bonds is 8. The number of nitrogens with zero attached hydrogens (tertiary/aromatic N) is 2. The Morgan fingerprint density at radius 1 is 1.03 bits per heavy atom. The Morgan fingerprint density at radius 2 is 1.61 bits per heavy atom. The lowest BCUT2D eigenvalue weighted by Gasteiger charge is -2.31. The first-order chi connectivity index (χ1) is 14.4. The molecule has 0 spiro atoms. The summed E-state index contributed by atoms with van der Waals surface area (Å²) in [7, 11) is -2.22. The molecule has 0 saturated carbocycles. The van der Waals surface area contributed by atoms with E-state index in [1.54, 1.807) is 19.1 Å². The number of hydrogen-bond acceptors (Lipinski definition) is 4. The maximum Gasteiger partial charge on any atom is 0.244 e. The molecule has 31 heavy (non-hydrogen) atoms. The van der Waals surface area contributed by atoms with Crippen LogP contribution >= 0.6 is 0 Å². The summed E-state index contributed by atoms with van der Waals surface area (Å²) in [5.41, 5.74) is 4.09. The number of aryl methyl sites for hydroxylation is 3. The van der Waals surface area contributed by atoms with E-state index in [-0.39, 0.29) is 12.5 Å². The fourth-order valence-electron chi connectivity index (χ4n) is 3.47. The van der Waals surface area contributed by atoms with E-state index >= 15 is 0 Å². The Hall–Kier alpha value is -2.87. The normalized spacial score (nSPS) is 12.2. The monoisotopic (exact) mass is 445 g/mol. The lowest BCUT2D eigenvalue weighted by atomic mass is 10.1. The third kappa shape index (κ3) is 6.30. The molecular weight excluding hydrogens is 414 g/mol. The molecular formula is C23H31N3O4S. The minimum atomic E-state index is -3.73. The van der Waals surface area contributed by atoms with Crippen LogP contribution in [0.4, 0.5) is 5.69 Å². The average Bonchev–Trinajstić information content (AvgIpc) is 2.68. The van der Waals surface area contributed by atoms with Crippen LogP contribution in [-0.2, 0) is 26.2 Å². The molecule has 0 aliphatic heterocycles. The Morgan fingerprint density at radius 3 is 2.13 bits per heavy atom. The van der Waals surface area contributed by atoms with Crippen molar-refractivity contribution in [3.05, 3.63) is 64.7 Å². The lowest BCUT2D eigenvalue weighted by molar-refractivity contribution is -0.139. The van der Waals surface area contributed by atoms with Gasteiger partial charge in [0.1, 0.15) is 12.6 Å². The zero-order chi connectivity index (χ0) is 23.3. The number of sulfonamides is 1. The molecule has 1 atom stereocenters. The van der Waals surface area contributed by atoms with Crippen molar-refractivity contribution >= 4 is 27.5 Å². The highest BCUT2D eigenvalue weighted by atomic mass is 32.2. The van der Waals surface area contributed by atoms with Crippen molar-refractivity contribution in [2.45, 2.75) is 40.3 Å². The maximum atomic E-state index is 13.4. The third-order valence-corrected chi connectivity index (χ3v) is 6.33. The summed E-state index contributed by atoms with van der Waals surface area (Å²) >= 11 is 0. The second-order valence-electron chi connectivity index (χ2n) is 7.85. The fraction of sp³-hybridized carbons (Fsp3) is 0.391. The molecule has 2 aromatic rings. The van der Waals surface area contributed by atoms with Crippen molar-refractivity contribution in [1.29, 1.82) is 0 Å². The van der Waals surface area contributed by atoms with Gasteiger partial charge in [0, 0.05) is 13.6 Å². The summed E-state index contributed by atoms with van der Waals surface area (Å²) in [6.07, 6.45) is 1.08. The Bertz CT molecular complexity index is 1050. The predicted molar refractivity (Wildman–Crippen MR) is 123 cm³/mol. The maximum absolute atomic E-state index is 13.4. The topological polar surface area (TPSA) is 86.8 Å². The molecule has 0 bridgehead atoms. The van der Waals surface area contributed by atoms with Gasteiger partial charge in [-0.1, -0.05) is 30.3 Å². The van der Waals surface area contributed by atoms with Crippen LogP contribution in [-0.4, -0.2) is 51.0 Å². The number of hydrogen-bond donors (Lipinski definition) is 1. The largest absolute Gasteiger partial charge is 0.357 e. The first-order valence-electron chi connectivity index (χ1n) is 10.1. The van der Waals surface area contributed by atoms with E-state index < -0.39 is 28.5 Å². The first kappa shape index (κ1) is 24.4. The Balaban J connectivity index is 2.43. The van der Waals surface area contributed by atoms with E-state index in [2.05, 4.69) is 5.32 Å². The number of nitrogens with one attached hydrogen (secondary N) is 1. The minimum absolute atomic E-state index is 0.199. The summed E-state index contributed by atoms with van der Waals surface area (Å²) in [6.45, 7) is 7.12. The van der Waals surface area contributed by atoms with Gasteiger partial charge in [0.2, 0.25) is 21.8 Å². The van der Waals surface area contributed by atoms with E-state index in [1.807, 2.05) is 51.1 Å². The highest BCUT2D eigenvalue weighted by Crippen LogP contribution is 2.22. The number of amides is 2. The number of benzene rings is 2. The summed E-state index contributed by atoms with van der Waals surface area (Å²) in [6, 6.07) is 12.2. The standard InChI is InChI=1S/C23H31N3O4S/c1-16-11-17(2)13-21(12-16)26(31(6,29)30)15-22(27)25(19(4)23(28)24-5)14-20-10-8-7-9-18(20)3/h7-13,19H,14-15H2,1-6H3,(H,24,28)/t19-/m1/s1. The summed E-state index contributed by atoms with van der Waals surface area (Å²) in [4.78, 5) is 27.1. The third-order valence-electron chi connectivity index (χ3n) is 5.19. The van der Waals surface area contributed by atoms with E-state index in [0.29, 0.717) is 5.69 Å². The van der Waals surface area contributed by atoms with Crippen molar-refractivity contribution in [1.82, 2.24) is 10.2 Å². The first-order valence-corrected chi connectivity index (χ1v) is 11.9. The van der Waals surface area contributed by atoms with Crippen LogP contribution in [0.5, 0.6) is 0 Å². The van der Waals surface area contributed by atoms with Crippen LogP contribution in [0.25, 0.3) is 0 Å². The molecule has 0 heterocycles.